The Labute approximate surface area is 230 Å². The van der Waals surface area contributed by atoms with E-state index < -0.39 is 35.6 Å². The number of para-hydroxylation sites is 1. The number of amides is 3. The number of carbonyl (C=O) groups excluding carboxylic acids is 3. The number of halogens is 1. The van der Waals surface area contributed by atoms with Crippen LogP contribution < -0.4 is 10.6 Å². The molecule has 202 valence electrons. The third kappa shape index (κ3) is 8.40. The molecular formula is C28H38ClN3O4S. The topological polar surface area (TPSA) is 87.7 Å². The van der Waals surface area contributed by atoms with Gasteiger partial charge in [-0.05, 0) is 70.7 Å². The molecule has 7 nitrogen and oxygen atoms in total. The molecule has 0 saturated heterocycles. The summed E-state index contributed by atoms with van der Waals surface area (Å²) in [6, 6.07) is 9.15. The van der Waals surface area contributed by atoms with Crippen LogP contribution in [0.25, 0.3) is 0 Å². The van der Waals surface area contributed by atoms with E-state index in [9.17, 15) is 14.4 Å². The van der Waals surface area contributed by atoms with Crippen molar-refractivity contribution in [3.05, 3.63) is 63.7 Å². The van der Waals surface area contributed by atoms with Gasteiger partial charge in [-0.15, -0.1) is 0 Å². The van der Waals surface area contributed by atoms with Gasteiger partial charge in [0.25, 0.3) is 5.91 Å². The van der Waals surface area contributed by atoms with Crippen molar-refractivity contribution in [2.75, 3.05) is 17.6 Å². The predicted molar refractivity (Wildman–Crippen MR) is 152 cm³/mol. The highest BCUT2D eigenvalue weighted by Crippen LogP contribution is 2.31. The molecule has 0 radical (unpaired) electrons. The monoisotopic (exact) mass is 547 g/mol. The van der Waals surface area contributed by atoms with Crippen LogP contribution in [0.4, 0.5) is 10.5 Å². The first kappa shape index (κ1) is 30.5. The predicted octanol–water partition coefficient (Wildman–Crippen LogP) is 6.01. The van der Waals surface area contributed by atoms with Crippen LogP contribution in [0.2, 0.25) is 5.02 Å². The first-order chi connectivity index (χ1) is 17.3. The fourth-order valence-corrected chi connectivity index (χ4v) is 4.52. The first-order valence-electron chi connectivity index (χ1n) is 12.3. The molecule has 2 unspecified atom stereocenters. The highest BCUT2D eigenvalue weighted by Gasteiger charge is 2.36. The van der Waals surface area contributed by atoms with E-state index in [0.717, 1.165) is 16.7 Å². The number of carbonyl (C=O) groups is 3. The van der Waals surface area contributed by atoms with Crippen LogP contribution in [0.1, 0.15) is 62.4 Å². The first-order valence-corrected chi connectivity index (χ1v) is 13.3. The van der Waals surface area contributed by atoms with E-state index in [4.69, 9.17) is 16.3 Å². The molecule has 0 spiro atoms. The molecule has 0 fully saturated rings. The highest BCUT2D eigenvalue weighted by molar-refractivity contribution is 7.80. The van der Waals surface area contributed by atoms with Crippen LogP contribution >= 0.6 is 24.2 Å². The second-order valence-corrected chi connectivity index (χ2v) is 10.9. The Kier molecular flexibility index (Phi) is 10.9. The van der Waals surface area contributed by atoms with Crippen molar-refractivity contribution in [1.82, 2.24) is 10.2 Å². The van der Waals surface area contributed by atoms with Crippen LogP contribution in [0.15, 0.2) is 36.4 Å². The number of ether oxygens (including phenoxy) is 1. The zero-order valence-electron chi connectivity index (χ0n) is 22.6. The number of hydrogen-bond donors (Lipinski definition) is 3. The summed E-state index contributed by atoms with van der Waals surface area (Å²) in [5.41, 5.74) is 3.15. The molecule has 0 saturated carbocycles. The number of benzene rings is 2. The van der Waals surface area contributed by atoms with Gasteiger partial charge in [0.2, 0.25) is 5.91 Å². The molecule has 3 amide bonds. The van der Waals surface area contributed by atoms with Gasteiger partial charge in [-0.2, -0.15) is 12.6 Å². The molecule has 37 heavy (non-hydrogen) atoms. The molecule has 2 aromatic rings. The van der Waals surface area contributed by atoms with E-state index >= 15 is 0 Å². The Hall–Kier alpha value is -2.71. The molecule has 2 atom stereocenters. The van der Waals surface area contributed by atoms with Gasteiger partial charge in [-0.1, -0.05) is 54.4 Å². The maximum atomic E-state index is 13.9. The lowest BCUT2D eigenvalue weighted by Gasteiger charge is -2.35. The van der Waals surface area contributed by atoms with Gasteiger partial charge in [0.1, 0.15) is 17.7 Å². The quantitative estimate of drug-likeness (QED) is 0.336. The second kappa shape index (κ2) is 13.2. The molecule has 9 heteroatoms. The number of thiol groups is 1. The molecule has 2 aromatic carbocycles. The Morgan fingerprint density at radius 3 is 2.30 bits per heavy atom. The number of rotatable bonds is 9. The minimum atomic E-state index is -0.993. The smallest absolute Gasteiger partial charge is 0.408 e. The lowest BCUT2D eigenvalue weighted by atomic mass is 9.96. The number of nitrogens with zero attached hydrogens (tertiary/aromatic N) is 1. The van der Waals surface area contributed by atoms with Crippen molar-refractivity contribution in [1.29, 1.82) is 0 Å². The Morgan fingerprint density at radius 1 is 1.08 bits per heavy atom. The highest BCUT2D eigenvalue weighted by atomic mass is 35.5. The van der Waals surface area contributed by atoms with Crippen molar-refractivity contribution >= 4 is 47.8 Å². The van der Waals surface area contributed by atoms with E-state index in [1.165, 1.54) is 4.90 Å². The van der Waals surface area contributed by atoms with Crippen LogP contribution in [0.5, 0.6) is 0 Å². The maximum Gasteiger partial charge on any atom is 0.408 e. The molecule has 0 bridgehead atoms. The van der Waals surface area contributed by atoms with E-state index in [1.807, 2.05) is 58.0 Å². The number of hydrogen-bond acceptors (Lipinski definition) is 5. The van der Waals surface area contributed by atoms with E-state index in [1.54, 1.807) is 26.8 Å². The summed E-state index contributed by atoms with van der Waals surface area (Å²) < 4.78 is 5.34. The summed E-state index contributed by atoms with van der Waals surface area (Å²) in [6.45, 7) is 13.2. The number of alkyl carbamates (subject to hydrolysis) is 1. The number of nitrogens with one attached hydrogen (secondary N) is 2. The average molecular weight is 548 g/mol. The normalized spacial score (nSPS) is 12.9. The minimum absolute atomic E-state index is 0.0309. The summed E-state index contributed by atoms with van der Waals surface area (Å²) in [5.74, 6) is -0.804. The molecule has 0 aromatic heterocycles. The Balaban J connectivity index is 2.53. The largest absolute Gasteiger partial charge is 0.444 e. The van der Waals surface area contributed by atoms with Gasteiger partial charge in [-0.3, -0.25) is 9.59 Å². The zero-order valence-corrected chi connectivity index (χ0v) is 24.3. The third-order valence-electron chi connectivity index (χ3n) is 5.67. The summed E-state index contributed by atoms with van der Waals surface area (Å²) in [4.78, 5) is 41.7. The summed E-state index contributed by atoms with van der Waals surface area (Å²) in [6.07, 6.45) is -0.132. The third-order valence-corrected chi connectivity index (χ3v) is 6.35. The van der Waals surface area contributed by atoms with Crippen molar-refractivity contribution in [3.63, 3.8) is 0 Å². The van der Waals surface area contributed by atoms with Gasteiger partial charge in [-0.25, -0.2) is 4.79 Å². The molecule has 0 aliphatic carbocycles. The molecule has 2 rings (SSSR count). The van der Waals surface area contributed by atoms with Gasteiger partial charge in [0.05, 0.1) is 10.7 Å². The van der Waals surface area contributed by atoms with E-state index in [2.05, 4.69) is 23.3 Å². The van der Waals surface area contributed by atoms with Crippen molar-refractivity contribution in [2.45, 2.75) is 72.6 Å². The number of anilines is 1. The standard InChI is InChI=1S/C28H38ClN3O4S/c1-8-14-32(26(34)22(16-37)30-27(35)36-28(5,6)7)24(20-13-12-17(2)15-19(20)4)25(33)31-23-18(3)10-9-11-21(23)29/h9-13,15,22,24,37H,8,14,16H2,1-7H3,(H,30,35)(H,31,33). The molecule has 2 N–H and O–H groups in total. The van der Waals surface area contributed by atoms with Crippen LogP contribution in [-0.4, -0.2) is 46.7 Å². The molecule has 0 heterocycles. The van der Waals surface area contributed by atoms with Crippen LogP contribution in [-0.2, 0) is 14.3 Å². The average Bonchev–Trinajstić information content (AvgIpc) is 2.79. The van der Waals surface area contributed by atoms with E-state index in [-0.39, 0.29) is 12.3 Å². The summed E-state index contributed by atoms with van der Waals surface area (Å²) in [7, 11) is 0. The minimum Gasteiger partial charge on any atom is -0.444 e. The molecule has 0 aliphatic heterocycles. The second-order valence-electron chi connectivity index (χ2n) is 10.1. The van der Waals surface area contributed by atoms with Crippen molar-refractivity contribution in [3.8, 4) is 0 Å². The van der Waals surface area contributed by atoms with Gasteiger partial charge < -0.3 is 20.3 Å². The lowest BCUT2D eigenvalue weighted by Crippen LogP contribution is -2.53. The maximum absolute atomic E-state index is 13.9. The van der Waals surface area contributed by atoms with Gasteiger partial charge in [0, 0.05) is 12.3 Å². The van der Waals surface area contributed by atoms with Gasteiger partial charge >= 0.3 is 6.09 Å². The summed E-state index contributed by atoms with van der Waals surface area (Å²) >= 11 is 10.7. The molecule has 0 aliphatic rings. The van der Waals surface area contributed by atoms with Crippen LogP contribution in [0, 0.1) is 20.8 Å². The Morgan fingerprint density at radius 2 is 1.76 bits per heavy atom. The van der Waals surface area contributed by atoms with E-state index in [0.29, 0.717) is 22.7 Å². The van der Waals surface area contributed by atoms with Crippen LogP contribution in [0.3, 0.4) is 0 Å². The fourth-order valence-electron chi connectivity index (χ4n) is 4.01. The fraction of sp³-hybridized carbons (Fsp3) is 0.464. The SMILES string of the molecule is CCCN(C(=O)C(CS)NC(=O)OC(C)(C)C)C(C(=O)Nc1c(C)cccc1Cl)c1ccc(C)cc1C. The Bertz CT molecular complexity index is 1110. The zero-order chi connectivity index (χ0) is 27.9. The lowest BCUT2D eigenvalue weighted by molar-refractivity contribution is -0.140. The molecular weight excluding hydrogens is 510 g/mol. The summed E-state index contributed by atoms with van der Waals surface area (Å²) in [5, 5.41) is 5.97. The number of aryl methyl sites for hydroxylation is 3. The van der Waals surface area contributed by atoms with Crippen molar-refractivity contribution < 1.29 is 19.1 Å². The van der Waals surface area contributed by atoms with Crippen molar-refractivity contribution in [2.24, 2.45) is 0 Å². The van der Waals surface area contributed by atoms with Gasteiger partial charge in [0.15, 0.2) is 0 Å².